The number of nitrogens with zero attached hydrogens (tertiary/aromatic N) is 4. The fourth-order valence-corrected chi connectivity index (χ4v) is 2.05. The van der Waals surface area contributed by atoms with Crippen LogP contribution in [0.25, 0.3) is 22.8 Å². The van der Waals surface area contributed by atoms with Crippen molar-refractivity contribution in [2.24, 2.45) is 5.73 Å². The molecular formula is C16H20ClN5O. The number of nitrogens with two attached hydrogens (primary N) is 1. The fourth-order valence-electron chi connectivity index (χ4n) is 2.05. The fraction of sp³-hybridized carbons (Fsp3) is 0.312. The average Bonchev–Trinajstić information content (AvgIpc) is 3.15. The quantitative estimate of drug-likeness (QED) is 0.795. The highest BCUT2D eigenvalue weighted by molar-refractivity contribution is 5.85. The van der Waals surface area contributed by atoms with Gasteiger partial charge in [0, 0.05) is 18.3 Å². The van der Waals surface area contributed by atoms with Crippen molar-refractivity contribution in [3.8, 4) is 22.8 Å². The Hall–Kier alpha value is -2.18. The van der Waals surface area contributed by atoms with Crippen molar-refractivity contribution in [2.75, 3.05) is 0 Å². The molecule has 0 atom stereocenters. The molecule has 0 fully saturated rings. The average molecular weight is 334 g/mol. The van der Waals surface area contributed by atoms with Crippen molar-refractivity contribution in [3.63, 3.8) is 0 Å². The van der Waals surface area contributed by atoms with Crippen molar-refractivity contribution >= 4 is 12.4 Å². The van der Waals surface area contributed by atoms with Gasteiger partial charge in [-0.1, -0.05) is 29.4 Å². The third kappa shape index (κ3) is 3.60. The molecule has 0 amide bonds. The van der Waals surface area contributed by atoms with Gasteiger partial charge in [0.05, 0.1) is 17.3 Å². The summed E-state index contributed by atoms with van der Waals surface area (Å²) in [6.45, 7) is 6.77. The Morgan fingerprint density at radius 1 is 1.13 bits per heavy atom. The standard InChI is InChI=1S/C16H19N5O.ClH/c1-16(2,3)21-10-13(9-18-21)15-19-14(20-22-15)12-6-4-11(8-17)5-7-12;/h4-7,9-10H,8,17H2,1-3H3;1H. The second-order valence-electron chi connectivity index (χ2n) is 6.17. The van der Waals surface area contributed by atoms with Crippen LogP contribution in [-0.2, 0) is 12.1 Å². The molecular weight excluding hydrogens is 314 g/mol. The van der Waals surface area contributed by atoms with E-state index in [1.54, 1.807) is 6.20 Å². The van der Waals surface area contributed by atoms with Crippen LogP contribution in [0.5, 0.6) is 0 Å². The normalized spacial score (nSPS) is 11.3. The van der Waals surface area contributed by atoms with Crippen molar-refractivity contribution in [3.05, 3.63) is 42.2 Å². The van der Waals surface area contributed by atoms with E-state index in [9.17, 15) is 0 Å². The molecule has 0 radical (unpaired) electrons. The van der Waals surface area contributed by atoms with Gasteiger partial charge in [-0.2, -0.15) is 10.1 Å². The van der Waals surface area contributed by atoms with Crippen LogP contribution in [0.2, 0.25) is 0 Å². The minimum atomic E-state index is -0.0842. The first kappa shape index (κ1) is 17.2. The van der Waals surface area contributed by atoms with Crippen molar-refractivity contribution in [1.82, 2.24) is 19.9 Å². The number of aromatic nitrogens is 4. The molecule has 2 heterocycles. The van der Waals surface area contributed by atoms with E-state index in [4.69, 9.17) is 10.3 Å². The third-order valence-electron chi connectivity index (χ3n) is 3.39. The van der Waals surface area contributed by atoms with E-state index in [0.717, 1.165) is 16.7 Å². The Bertz CT molecular complexity index is 770. The Morgan fingerprint density at radius 3 is 2.39 bits per heavy atom. The smallest absolute Gasteiger partial charge is 0.261 e. The molecule has 6 nitrogen and oxygen atoms in total. The molecule has 0 saturated heterocycles. The van der Waals surface area contributed by atoms with E-state index in [-0.39, 0.29) is 17.9 Å². The summed E-state index contributed by atoms with van der Waals surface area (Å²) in [5.74, 6) is 1.02. The van der Waals surface area contributed by atoms with Crippen LogP contribution < -0.4 is 5.73 Å². The number of halogens is 1. The second-order valence-corrected chi connectivity index (χ2v) is 6.17. The van der Waals surface area contributed by atoms with Gasteiger partial charge in [-0.25, -0.2) is 0 Å². The first-order valence-corrected chi connectivity index (χ1v) is 7.16. The number of hydrogen-bond acceptors (Lipinski definition) is 5. The van der Waals surface area contributed by atoms with E-state index in [1.807, 2.05) is 35.1 Å². The van der Waals surface area contributed by atoms with Crippen LogP contribution in [0, 0.1) is 0 Å². The number of benzene rings is 1. The Kier molecular flexibility index (Phi) is 4.87. The lowest BCUT2D eigenvalue weighted by molar-refractivity contribution is 0.355. The lowest BCUT2D eigenvalue weighted by atomic mass is 10.1. The maximum atomic E-state index is 5.60. The van der Waals surface area contributed by atoms with Gasteiger partial charge >= 0.3 is 0 Å². The van der Waals surface area contributed by atoms with Crippen molar-refractivity contribution in [1.29, 1.82) is 0 Å². The lowest BCUT2D eigenvalue weighted by Gasteiger charge is -2.18. The van der Waals surface area contributed by atoms with Crippen molar-refractivity contribution in [2.45, 2.75) is 32.9 Å². The molecule has 0 spiro atoms. The zero-order valence-electron chi connectivity index (χ0n) is 13.4. The molecule has 0 aliphatic rings. The van der Waals surface area contributed by atoms with Gasteiger partial charge in [0.2, 0.25) is 5.82 Å². The third-order valence-corrected chi connectivity index (χ3v) is 3.39. The second kappa shape index (κ2) is 6.52. The molecule has 2 N–H and O–H groups in total. The van der Waals surface area contributed by atoms with E-state index in [1.165, 1.54) is 0 Å². The lowest BCUT2D eigenvalue weighted by Crippen LogP contribution is -2.21. The minimum Gasteiger partial charge on any atom is -0.333 e. The topological polar surface area (TPSA) is 82.8 Å². The molecule has 3 rings (SSSR count). The summed E-state index contributed by atoms with van der Waals surface area (Å²) < 4.78 is 7.23. The molecule has 0 bridgehead atoms. The first-order chi connectivity index (χ1) is 10.5. The predicted octanol–water partition coefficient (Wildman–Crippen LogP) is 3.24. The monoisotopic (exact) mass is 333 g/mol. The van der Waals surface area contributed by atoms with Crippen molar-refractivity contribution < 1.29 is 4.52 Å². The summed E-state index contributed by atoms with van der Waals surface area (Å²) in [6.07, 6.45) is 3.65. The Balaban J connectivity index is 0.00000192. The first-order valence-electron chi connectivity index (χ1n) is 7.16. The molecule has 0 saturated carbocycles. The van der Waals surface area contributed by atoms with Crippen LogP contribution in [0.15, 0.2) is 41.2 Å². The maximum Gasteiger partial charge on any atom is 0.261 e. The molecule has 2 aromatic heterocycles. The van der Waals surface area contributed by atoms with Crippen LogP contribution in [-0.4, -0.2) is 19.9 Å². The minimum absolute atomic E-state index is 0. The summed E-state index contributed by atoms with van der Waals surface area (Å²) in [4.78, 5) is 4.44. The van der Waals surface area contributed by atoms with E-state index in [2.05, 4.69) is 36.0 Å². The maximum absolute atomic E-state index is 5.60. The van der Waals surface area contributed by atoms with Gasteiger partial charge in [0.25, 0.3) is 5.89 Å². The molecule has 1 aromatic carbocycles. The van der Waals surface area contributed by atoms with E-state index < -0.39 is 0 Å². The molecule has 3 aromatic rings. The Morgan fingerprint density at radius 2 is 1.83 bits per heavy atom. The van der Waals surface area contributed by atoms with Gasteiger partial charge in [-0.3, -0.25) is 4.68 Å². The zero-order valence-corrected chi connectivity index (χ0v) is 14.2. The highest BCUT2D eigenvalue weighted by Crippen LogP contribution is 2.23. The summed E-state index contributed by atoms with van der Waals surface area (Å²) >= 11 is 0. The van der Waals surface area contributed by atoms with Gasteiger partial charge in [-0.15, -0.1) is 12.4 Å². The molecule has 0 unspecified atom stereocenters. The summed E-state index contributed by atoms with van der Waals surface area (Å²) in [6, 6.07) is 7.80. The van der Waals surface area contributed by atoms with Crippen LogP contribution >= 0.6 is 12.4 Å². The highest BCUT2D eigenvalue weighted by atomic mass is 35.5. The van der Waals surface area contributed by atoms with Crippen LogP contribution in [0.3, 0.4) is 0 Å². The number of hydrogen-bond donors (Lipinski definition) is 1. The molecule has 0 aliphatic heterocycles. The largest absolute Gasteiger partial charge is 0.333 e. The molecule has 122 valence electrons. The van der Waals surface area contributed by atoms with Gasteiger partial charge in [-0.05, 0) is 26.3 Å². The van der Waals surface area contributed by atoms with Gasteiger partial charge in [0.1, 0.15) is 0 Å². The van der Waals surface area contributed by atoms with Crippen LogP contribution in [0.4, 0.5) is 0 Å². The van der Waals surface area contributed by atoms with Gasteiger partial charge in [0.15, 0.2) is 0 Å². The Labute approximate surface area is 141 Å². The molecule has 0 aliphatic carbocycles. The van der Waals surface area contributed by atoms with E-state index >= 15 is 0 Å². The predicted molar refractivity (Wildman–Crippen MR) is 91.1 cm³/mol. The van der Waals surface area contributed by atoms with Crippen LogP contribution in [0.1, 0.15) is 26.3 Å². The number of rotatable bonds is 3. The summed E-state index contributed by atoms with van der Waals surface area (Å²) in [7, 11) is 0. The zero-order chi connectivity index (χ0) is 15.7. The summed E-state index contributed by atoms with van der Waals surface area (Å²) in [5, 5.41) is 8.38. The highest BCUT2D eigenvalue weighted by Gasteiger charge is 2.17. The summed E-state index contributed by atoms with van der Waals surface area (Å²) in [5.41, 5.74) is 8.29. The van der Waals surface area contributed by atoms with E-state index in [0.29, 0.717) is 18.3 Å². The molecule has 7 heteroatoms. The van der Waals surface area contributed by atoms with Gasteiger partial charge < -0.3 is 10.3 Å². The molecule has 23 heavy (non-hydrogen) atoms. The SMILES string of the molecule is CC(C)(C)n1cc(-c2nc(-c3ccc(CN)cc3)no2)cn1.Cl.